The second kappa shape index (κ2) is 12.3. The van der Waals surface area contributed by atoms with Gasteiger partial charge in [-0.25, -0.2) is 14.4 Å². The fourth-order valence-corrected chi connectivity index (χ4v) is 3.81. The van der Waals surface area contributed by atoms with Crippen molar-refractivity contribution in [3.8, 4) is 0 Å². The molecule has 0 radical (unpaired) electrons. The summed E-state index contributed by atoms with van der Waals surface area (Å²) in [6, 6.07) is 25.3. The van der Waals surface area contributed by atoms with Crippen LogP contribution >= 0.6 is 0 Å². The van der Waals surface area contributed by atoms with Gasteiger partial charge in [0.25, 0.3) is 0 Å². The van der Waals surface area contributed by atoms with Crippen LogP contribution in [-0.4, -0.2) is 60.8 Å². The van der Waals surface area contributed by atoms with Crippen LogP contribution < -0.4 is 0 Å². The Balaban J connectivity index is 1.66. The van der Waals surface area contributed by atoms with Gasteiger partial charge in [0.1, 0.15) is 6.10 Å². The summed E-state index contributed by atoms with van der Waals surface area (Å²) in [6.45, 7) is 0.0221. The third-order valence-corrected chi connectivity index (χ3v) is 5.72. The molecule has 1 fully saturated rings. The van der Waals surface area contributed by atoms with E-state index in [4.69, 9.17) is 23.7 Å². The Labute approximate surface area is 213 Å². The standard InChI is InChI=1S/C28H26O9/c1-33-27(32)23-21(29)22(35-25(30)19-13-7-3-8-14-19)24(36-26(31)20-15-9-4-10-16-20)28(37-23)34-17-18-11-5-2-6-12-18/h2-16,21-24,28-29H,17H2,1H3/t21-,22+,23?,24?,28-/m1/s1. The minimum atomic E-state index is -1.72. The van der Waals surface area contributed by atoms with Crippen LogP contribution in [0.15, 0.2) is 91.0 Å². The zero-order valence-corrected chi connectivity index (χ0v) is 20.0. The zero-order chi connectivity index (χ0) is 26.2. The highest BCUT2D eigenvalue weighted by atomic mass is 16.7. The van der Waals surface area contributed by atoms with Crippen LogP contribution in [0, 0.1) is 0 Å². The molecule has 5 atom stereocenters. The molecule has 0 aliphatic carbocycles. The highest BCUT2D eigenvalue weighted by Gasteiger charge is 2.53. The molecule has 37 heavy (non-hydrogen) atoms. The maximum absolute atomic E-state index is 13.0. The normalized spacial score (nSPS) is 23.0. The SMILES string of the molecule is COC(=O)C1O[C@@H](OCc2ccccc2)C(OC(=O)c2ccccc2)[C@@H](OC(=O)c2ccccc2)[C@H]1O. The van der Waals surface area contributed by atoms with E-state index < -0.39 is 48.6 Å². The first-order valence-corrected chi connectivity index (χ1v) is 11.6. The molecule has 1 aliphatic heterocycles. The van der Waals surface area contributed by atoms with E-state index in [1.807, 2.05) is 30.3 Å². The molecular formula is C28H26O9. The monoisotopic (exact) mass is 506 g/mol. The molecule has 192 valence electrons. The molecule has 1 heterocycles. The molecule has 4 rings (SSSR count). The van der Waals surface area contributed by atoms with Crippen LogP contribution in [0.2, 0.25) is 0 Å². The largest absolute Gasteiger partial charge is 0.467 e. The first kappa shape index (κ1) is 26.0. The van der Waals surface area contributed by atoms with E-state index in [1.54, 1.807) is 48.5 Å². The van der Waals surface area contributed by atoms with Crippen molar-refractivity contribution < 1.29 is 43.2 Å². The summed E-state index contributed by atoms with van der Waals surface area (Å²) in [5.41, 5.74) is 1.20. The number of aliphatic hydroxyl groups excluding tert-OH is 1. The van der Waals surface area contributed by atoms with Crippen LogP contribution in [0.4, 0.5) is 0 Å². The van der Waals surface area contributed by atoms with Crippen LogP contribution in [0.5, 0.6) is 0 Å². The van der Waals surface area contributed by atoms with Crippen molar-refractivity contribution in [1.29, 1.82) is 0 Å². The third kappa shape index (κ3) is 6.39. The number of esters is 3. The van der Waals surface area contributed by atoms with Crippen LogP contribution in [0.25, 0.3) is 0 Å². The minimum absolute atomic E-state index is 0.0221. The predicted molar refractivity (Wildman–Crippen MR) is 129 cm³/mol. The lowest BCUT2D eigenvalue weighted by molar-refractivity contribution is -0.296. The van der Waals surface area contributed by atoms with E-state index >= 15 is 0 Å². The molecule has 3 aromatic carbocycles. The third-order valence-electron chi connectivity index (χ3n) is 5.72. The number of carbonyl (C=O) groups is 3. The van der Waals surface area contributed by atoms with E-state index in [9.17, 15) is 19.5 Å². The van der Waals surface area contributed by atoms with Crippen LogP contribution in [-0.2, 0) is 35.1 Å². The Kier molecular flexibility index (Phi) is 8.63. The van der Waals surface area contributed by atoms with Gasteiger partial charge in [0.05, 0.1) is 24.8 Å². The van der Waals surface area contributed by atoms with Crippen LogP contribution in [0.3, 0.4) is 0 Å². The number of aliphatic hydroxyl groups is 1. The molecule has 1 aliphatic rings. The summed E-state index contributed by atoms with van der Waals surface area (Å²) in [6.07, 6.45) is -7.59. The Morgan fingerprint density at radius 2 is 1.24 bits per heavy atom. The molecule has 0 spiro atoms. The van der Waals surface area contributed by atoms with E-state index in [1.165, 1.54) is 12.1 Å². The fraction of sp³-hybridized carbons (Fsp3) is 0.250. The first-order chi connectivity index (χ1) is 18.0. The minimum Gasteiger partial charge on any atom is -0.467 e. The Hall–Kier alpha value is -4.05. The maximum atomic E-state index is 13.0. The molecule has 0 amide bonds. The summed E-state index contributed by atoms with van der Waals surface area (Å²) < 4.78 is 27.7. The molecule has 0 bridgehead atoms. The molecule has 1 N–H and O–H groups in total. The second-order valence-electron chi connectivity index (χ2n) is 8.21. The van der Waals surface area contributed by atoms with Gasteiger partial charge in [-0.15, -0.1) is 0 Å². The predicted octanol–water partition coefficient (Wildman–Crippen LogP) is 2.91. The summed E-state index contributed by atoms with van der Waals surface area (Å²) in [5.74, 6) is -2.46. The Bertz CT molecular complexity index is 1180. The lowest BCUT2D eigenvalue weighted by Gasteiger charge is -2.42. The Morgan fingerprint density at radius 3 is 1.76 bits per heavy atom. The maximum Gasteiger partial charge on any atom is 0.338 e. The zero-order valence-electron chi connectivity index (χ0n) is 20.0. The van der Waals surface area contributed by atoms with Gasteiger partial charge in [-0.3, -0.25) is 0 Å². The smallest absolute Gasteiger partial charge is 0.338 e. The molecule has 2 unspecified atom stereocenters. The Morgan fingerprint density at radius 1 is 0.757 bits per heavy atom. The molecule has 1 saturated heterocycles. The van der Waals surface area contributed by atoms with E-state index in [-0.39, 0.29) is 17.7 Å². The number of methoxy groups -OCH3 is 1. The molecule has 9 heteroatoms. The summed E-state index contributed by atoms with van der Waals surface area (Å²) >= 11 is 0. The molecule has 0 aromatic heterocycles. The van der Waals surface area contributed by atoms with Crippen molar-refractivity contribution in [3.05, 3.63) is 108 Å². The highest BCUT2D eigenvalue weighted by molar-refractivity contribution is 5.90. The fourth-order valence-electron chi connectivity index (χ4n) is 3.81. The van der Waals surface area contributed by atoms with E-state index in [2.05, 4.69) is 0 Å². The van der Waals surface area contributed by atoms with Gasteiger partial charge in [0.15, 0.2) is 24.6 Å². The molecule has 0 saturated carbocycles. The van der Waals surface area contributed by atoms with Gasteiger partial charge in [0, 0.05) is 0 Å². The summed E-state index contributed by atoms with van der Waals surface area (Å²) in [7, 11) is 1.13. The number of rotatable bonds is 8. The van der Waals surface area contributed by atoms with Crippen molar-refractivity contribution in [1.82, 2.24) is 0 Å². The van der Waals surface area contributed by atoms with Gasteiger partial charge in [-0.05, 0) is 29.8 Å². The second-order valence-corrected chi connectivity index (χ2v) is 8.21. The highest BCUT2D eigenvalue weighted by Crippen LogP contribution is 2.30. The van der Waals surface area contributed by atoms with Gasteiger partial charge >= 0.3 is 17.9 Å². The summed E-state index contributed by atoms with van der Waals surface area (Å²) in [4.78, 5) is 38.3. The molecule has 9 nitrogen and oxygen atoms in total. The lowest BCUT2D eigenvalue weighted by atomic mass is 9.98. The van der Waals surface area contributed by atoms with Crippen molar-refractivity contribution in [2.24, 2.45) is 0 Å². The van der Waals surface area contributed by atoms with Gasteiger partial charge in [-0.2, -0.15) is 0 Å². The molecular weight excluding hydrogens is 480 g/mol. The topological polar surface area (TPSA) is 118 Å². The van der Waals surface area contributed by atoms with Crippen LogP contribution in [0.1, 0.15) is 26.3 Å². The number of hydrogen-bond acceptors (Lipinski definition) is 9. The van der Waals surface area contributed by atoms with Crippen molar-refractivity contribution in [2.45, 2.75) is 37.3 Å². The van der Waals surface area contributed by atoms with Crippen molar-refractivity contribution in [3.63, 3.8) is 0 Å². The quantitative estimate of drug-likeness (QED) is 0.363. The van der Waals surface area contributed by atoms with Gasteiger partial charge in [0.2, 0.25) is 0 Å². The average molecular weight is 507 g/mol. The van der Waals surface area contributed by atoms with Crippen molar-refractivity contribution >= 4 is 17.9 Å². The number of ether oxygens (including phenoxy) is 5. The molecule has 3 aromatic rings. The number of carbonyl (C=O) groups excluding carboxylic acids is 3. The van der Waals surface area contributed by atoms with Gasteiger partial charge in [-0.1, -0.05) is 66.7 Å². The lowest BCUT2D eigenvalue weighted by Crippen LogP contribution is -2.62. The number of hydrogen-bond donors (Lipinski definition) is 1. The number of benzene rings is 3. The van der Waals surface area contributed by atoms with Gasteiger partial charge < -0.3 is 28.8 Å². The summed E-state index contributed by atoms with van der Waals surface area (Å²) in [5, 5.41) is 11.0. The van der Waals surface area contributed by atoms with E-state index in [0.717, 1.165) is 12.7 Å². The average Bonchev–Trinajstić information content (AvgIpc) is 2.95. The van der Waals surface area contributed by atoms with Crippen molar-refractivity contribution in [2.75, 3.05) is 7.11 Å². The van der Waals surface area contributed by atoms with E-state index in [0.29, 0.717) is 0 Å². The first-order valence-electron chi connectivity index (χ1n) is 11.6.